The summed E-state index contributed by atoms with van der Waals surface area (Å²) < 4.78 is 6.66. The van der Waals surface area contributed by atoms with Crippen molar-refractivity contribution < 1.29 is 14.6 Å². The molecule has 0 atom stereocenters. The second kappa shape index (κ2) is 6.89. The van der Waals surface area contributed by atoms with E-state index in [1.807, 2.05) is 11.4 Å². The molecule has 0 spiro atoms. The van der Waals surface area contributed by atoms with Crippen LogP contribution in [0.3, 0.4) is 0 Å². The molecule has 4 fully saturated rings. The van der Waals surface area contributed by atoms with E-state index in [4.69, 9.17) is 4.74 Å². The smallest absolute Gasteiger partial charge is 0.350 e. The molecule has 0 saturated heterocycles. The SMILES string of the molecule is COC(=O)c1sccc1-n1nnnc1C1(NCCO)C2CC3CC(C2)CC1C3. The molecule has 4 bridgehead atoms. The summed E-state index contributed by atoms with van der Waals surface area (Å²) in [7, 11) is 1.38. The normalized spacial score (nSPS) is 33.4. The van der Waals surface area contributed by atoms with Crippen LogP contribution in [0.15, 0.2) is 11.4 Å². The van der Waals surface area contributed by atoms with Gasteiger partial charge in [-0.3, -0.25) is 0 Å². The van der Waals surface area contributed by atoms with Crippen LogP contribution in [0.1, 0.15) is 47.6 Å². The number of hydrogen-bond donors (Lipinski definition) is 2. The maximum Gasteiger partial charge on any atom is 0.350 e. The van der Waals surface area contributed by atoms with Gasteiger partial charge in [0.1, 0.15) is 4.88 Å². The zero-order valence-corrected chi connectivity index (χ0v) is 16.7. The van der Waals surface area contributed by atoms with E-state index in [9.17, 15) is 9.90 Å². The fraction of sp³-hybridized carbons (Fsp3) is 0.684. The number of carbonyl (C=O) groups excluding carboxylic acids is 1. The van der Waals surface area contributed by atoms with Crippen molar-refractivity contribution >= 4 is 17.3 Å². The quantitative estimate of drug-likeness (QED) is 0.708. The van der Waals surface area contributed by atoms with Gasteiger partial charge in [-0.05, 0) is 77.6 Å². The Morgan fingerprint density at radius 1 is 1.32 bits per heavy atom. The van der Waals surface area contributed by atoms with Gasteiger partial charge in [-0.25, -0.2) is 4.79 Å². The molecule has 0 aromatic carbocycles. The van der Waals surface area contributed by atoms with Gasteiger partial charge in [0.05, 0.1) is 24.9 Å². The Bertz CT molecular complexity index is 851. The lowest BCUT2D eigenvalue weighted by atomic mass is 9.48. The van der Waals surface area contributed by atoms with Gasteiger partial charge < -0.3 is 15.2 Å². The highest BCUT2D eigenvalue weighted by Gasteiger charge is 2.60. The summed E-state index contributed by atoms with van der Waals surface area (Å²) in [4.78, 5) is 12.7. The van der Waals surface area contributed by atoms with E-state index in [1.54, 1.807) is 4.68 Å². The number of aliphatic hydroxyl groups is 1. The zero-order valence-electron chi connectivity index (χ0n) is 15.9. The molecule has 0 unspecified atom stereocenters. The van der Waals surface area contributed by atoms with Crippen molar-refractivity contribution in [2.45, 2.75) is 37.6 Å². The Morgan fingerprint density at radius 3 is 2.68 bits per heavy atom. The lowest BCUT2D eigenvalue weighted by molar-refractivity contribution is -0.0839. The van der Waals surface area contributed by atoms with E-state index in [0.29, 0.717) is 28.9 Å². The fourth-order valence-electron chi connectivity index (χ4n) is 6.25. The molecule has 0 amide bonds. The van der Waals surface area contributed by atoms with Crippen molar-refractivity contribution in [3.05, 3.63) is 22.1 Å². The first-order valence-electron chi connectivity index (χ1n) is 9.98. The average Bonchev–Trinajstić information content (AvgIpc) is 3.36. The standard InChI is InChI=1S/C19H25N5O3S/c1-27-17(26)16-15(2-5-28-16)24-18(21-22-23-24)19(20-3-4-25)13-7-11-6-12(9-13)10-14(19)8-11/h2,5,11-14,20,25H,3-4,6-10H2,1H3. The lowest BCUT2D eigenvalue weighted by Crippen LogP contribution is -2.64. The van der Waals surface area contributed by atoms with Crippen molar-refractivity contribution in [1.82, 2.24) is 25.5 Å². The third kappa shape index (κ3) is 2.56. The van der Waals surface area contributed by atoms with E-state index in [1.165, 1.54) is 50.6 Å². The van der Waals surface area contributed by atoms with Gasteiger partial charge in [-0.2, -0.15) is 4.68 Å². The van der Waals surface area contributed by atoms with Crippen molar-refractivity contribution in [3.8, 4) is 5.69 Å². The summed E-state index contributed by atoms with van der Waals surface area (Å²) >= 11 is 1.33. The monoisotopic (exact) mass is 403 g/mol. The predicted molar refractivity (Wildman–Crippen MR) is 102 cm³/mol. The van der Waals surface area contributed by atoms with Crippen molar-refractivity contribution in [2.75, 3.05) is 20.3 Å². The molecule has 4 aliphatic carbocycles. The summed E-state index contributed by atoms with van der Waals surface area (Å²) in [5, 5.41) is 27.8. The van der Waals surface area contributed by atoms with Gasteiger partial charge in [-0.15, -0.1) is 16.4 Å². The van der Waals surface area contributed by atoms with E-state index >= 15 is 0 Å². The van der Waals surface area contributed by atoms with E-state index in [0.717, 1.165) is 17.7 Å². The number of esters is 1. The Hall–Kier alpha value is -1.84. The summed E-state index contributed by atoms with van der Waals surface area (Å²) in [5.41, 5.74) is 0.297. The van der Waals surface area contributed by atoms with E-state index < -0.39 is 0 Å². The Balaban J connectivity index is 1.62. The average molecular weight is 404 g/mol. The first kappa shape index (κ1) is 18.2. The molecule has 4 saturated carbocycles. The van der Waals surface area contributed by atoms with Crippen LogP contribution < -0.4 is 5.32 Å². The zero-order chi connectivity index (χ0) is 19.3. The number of nitrogens with one attached hydrogen (secondary N) is 1. The van der Waals surface area contributed by atoms with Crippen molar-refractivity contribution in [3.63, 3.8) is 0 Å². The van der Waals surface area contributed by atoms with Crippen LogP contribution in [0.5, 0.6) is 0 Å². The number of hydrogen-bond acceptors (Lipinski definition) is 8. The molecule has 0 radical (unpaired) electrons. The molecule has 8 nitrogen and oxygen atoms in total. The fourth-order valence-corrected chi connectivity index (χ4v) is 7.03. The van der Waals surface area contributed by atoms with Crippen LogP contribution in [-0.2, 0) is 10.3 Å². The molecule has 28 heavy (non-hydrogen) atoms. The van der Waals surface area contributed by atoms with Gasteiger partial charge in [0, 0.05) is 6.54 Å². The van der Waals surface area contributed by atoms with Crippen LogP contribution >= 0.6 is 11.3 Å². The number of methoxy groups -OCH3 is 1. The molecular formula is C19H25N5O3S. The number of aromatic nitrogens is 4. The minimum Gasteiger partial charge on any atom is -0.465 e. The number of ether oxygens (including phenoxy) is 1. The predicted octanol–water partition coefficient (Wildman–Crippen LogP) is 1.74. The second-order valence-electron chi connectivity index (χ2n) is 8.36. The third-order valence-corrected chi connectivity index (χ3v) is 7.92. The number of aliphatic hydroxyl groups excluding tert-OH is 1. The first-order chi connectivity index (χ1) is 13.7. The van der Waals surface area contributed by atoms with Gasteiger partial charge in [0.25, 0.3) is 0 Å². The van der Waals surface area contributed by atoms with Crippen LogP contribution in [0, 0.1) is 23.7 Å². The molecule has 9 heteroatoms. The highest BCUT2D eigenvalue weighted by atomic mass is 32.1. The van der Waals surface area contributed by atoms with Crippen LogP contribution in [0.25, 0.3) is 5.69 Å². The first-order valence-corrected chi connectivity index (χ1v) is 10.9. The summed E-state index contributed by atoms with van der Waals surface area (Å²) in [5.74, 6) is 2.86. The van der Waals surface area contributed by atoms with Crippen LogP contribution in [0.2, 0.25) is 0 Å². The van der Waals surface area contributed by atoms with Crippen molar-refractivity contribution in [1.29, 1.82) is 0 Å². The van der Waals surface area contributed by atoms with Gasteiger partial charge >= 0.3 is 5.97 Å². The molecule has 2 heterocycles. The maximum atomic E-state index is 12.2. The number of rotatable bonds is 6. The minimum atomic E-state index is -0.381. The highest BCUT2D eigenvalue weighted by molar-refractivity contribution is 7.12. The summed E-state index contributed by atoms with van der Waals surface area (Å²) in [6.07, 6.45) is 6.04. The summed E-state index contributed by atoms with van der Waals surface area (Å²) in [6, 6.07) is 1.87. The number of nitrogens with zero attached hydrogens (tertiary/aromatic N) is 4. The minimum absolute atomic E-state index is 0.0709. The Morgan fingerprint density at radius 2 is 2.04 bits per heavy atom. The number of thiophene rings is 1. The molecule has 0 aliphatic heterocycles. The molecule has 4 aliphatic rings. The second-order valence-corrected chi connectivity index (χ2v) is 9.28. The van der Waals surface area contributed by atoms with Crippen LogP contribution in [-0.4, -0.2) is 51.5 Å². The maximum absolute atomic E-state index is 12.2. The Labute approximate surface area is 167 Å². The molecule has 2 aromatic rings. The summed E-state index contributed by atoms with van der Waals surface area (Å²) in [6.45, 7) is 0.574. The molecule has 6 rings (SSSR count). The topological polar surface area (TPSA) is 102 Å². The Kier molecular flexibility index (Phi) is 4.48. The number of carbonyl (C=O) groups is 1. The molecule has 2 N–H and O–H groups in total. The largest absolute Gasteiger partial charge is 0.465 e. The van der Waals surface area contributed by atoms with Gasteiger partial charge in [-0.1, -0.05) is 0 Å². The highest BCUT2D eigenvalue weighted by Crippen LogP contribution is 2.61. The third-order valence-electron chi connectivity index (χ3n) is 7.04. The number of tetrazole rings is 1. The van der Waals surface area contributed by atoms with E-state index in [2.05, 4.69) is 20.8 Å². The molecular weight excluding hydrogens is 378 g/mol. The molecule has 2 aromatic heterocycles. The lowest BCUT2D eigenvalue weighted by Gasteiger charge is -2.60. The molecule has 150 valence electrons. The van der Waals surface area contributed by atoms with Gasteiger partial charge in [0.15, 0.2) is 5.82 Å². The van der Waals surface area contributed by atoms with Gasteiger partial charge in [0.2, 0.25) is 0 Å². The van der Waals surface area contributed by atoms with E-state index in [-0.39, 0.29) is 18.1 Å². The van der Waals surface area contributed by atoms with Crippen molar-refractivity contribution in [2.24, 2.45) is 23.7 Å². The van der Waals surface area contributed by atoms with Crippen LogP contribution in [0.4, 0.5) is 0 Å².